The maximum atomic E-state index is 14.1. The smallest absolute Gasteiger partial charge is 0.254 e. The minimum atomic E-state index is -0.420. The molecule has 2 aromatic carbocycles. The molecule has 158 valence electrons. The Hall–Kier alpha value is -2.06. The van der Waals surface area contributed by atoms with Gasteiger partial charge in [0.1, 0.15) is 11.6 Å². The Morgan fingerprint density at radius 1 is 1.21 bits per heavy atom. The van der Waals surface area contributed by atoms with E-state index in [0.717, 1.165) is 5.56 Å². The number of amides is 1. The summed E-state index contributed by atoms with van der Waals surface area (Å²) in [4.78, 5) is 14.8. The van der Waals surface area contributed by atoms with Gasteiger partial charge in [-0.2, -0.15) is 0 Å². The number of hydrogen-bond acceptors (Lipinski definition) is 4. The van der Waals surface area contributed by atoms with E-state index >= 15 is 0 Å². The fourth-order valence-electron chi connectivity index (χ4n) is 3.27. The van der Waals surface area contributed by atoms with Gasteiger partial charge in [0.15, 0.2) is 0 Å². The van der Waals surface area contributed by atoms with Gasteiger partial charge in [-0.05, 0) is 35.9 Å². The molecule has 0 spiro atoms. The molecule has 1 aliphatic rings. The Labute approximate surface area is 175 Å². The summed E-state index contributed by atoms with van der Waals surface area (Å²) in [5.74, 6) is -0.974. The third-order valence-corrected chi connectivity index (χ3v) is 4.72. The average Bonchev–Trinajstić information content (AvgIpc) is 2.72. The van der Waals surface area contributed by atoms with Crippen LogP contribution < -0.4 is 5.32 Å². The summed E-state index contributed by atoms with van der Waals surface area (Å²) in [5.41, 5.74) is 1.43. The van der Waals surface area contributed by atoms with Crippen LogP contribution in [0.1, 0.15) is 27.5 Å². The van der Waals surface area contributed by atoms with Crippen LogP contribution in [0.3, 0.4) is 0 Å². The number of carbonyl (C=O) groups is 1. The van der Waals surface area contributed by atoms with E-state index in [4.69, 9.17) is 9.47 Å². The molecule has 0 radical (unpaired) electrons. The van der Waals surface area contributed by atoms with Crippen molar-refractivity contribution in [3.63, 3.8) is 0 Å². The first-order valence-electron chi connectivity index (χ1n) is 9.22. The number of rotatable bonds is 7. The van der Waals surface area contributed by atoms with E-state index < -0.39 is 5.82 Å². The van der Waals surface area contributed by atoms with Crippen LogP contribution in [0.5, 0.6) is 0 Å². The number of piperazine rings is 1. The summed E-state index contributed by atoms with van der Waals surface area (Å²) in [6, 6.07) is 10.2. The molecule has 0 bridgehead atoms. The first-order valence-corrected chi connectivity index (χ1v) is 9.22. The first-order chi connectivity index (χ1) is 13.6. The molecule has 2 aromatic rings. The minimum Gasteiger partial charge on any atom is -0.382 e. The highest BCUT2D eigenvalue weighted by Crippen LogP contribution is 2.25. The molecule has 3 rings (SSSR count). The number of carbonyl (C=O) groups excluding carboxylic acids is 1. The molecule has 1 fully saturated rings. The largest absolute Gasteiger partial charge is 0.382 e. The van der Waals surface area contributed by atoms with Crippen LogP contribution in [-0.2, 0) is 16.1 Å². The number of ether oxygens (including phenoxy) is 2. The molecule has 0 saturated carbocycles. The molecular weight excluding hydrogens is 402 g/mol. The van der Waals surface area contributed by atoms with E-state index in [1.807, 2.05) is 0 Å². The lowest BCUT2D eigenvalue weighted by molar-refractivity contribution is 0.0598. The zero-order valence-corrected chi connectivity index (χ0v) is 17.0. The lowest BCUT2D eigenvalue weighted by Crippen LogP contribution is -2.48. The molecule has 29 heavy (non-hydrogen) atoms. The van der Waals surface area contributed by atoms with Gasteiger partial charge in [-0.25, -0.2) is 8.78 Å². The molecule has 1 amide bonds. The van der Waals surface area contributed by atoms with Crippen LogP contribution in [-0.4, -0.2) is 50.8 Å². The summed E-state index contributed by atoms with van der Waals surface area (Å²) in [7, 11) is 1.56. The molecule has 5 nitrogen and oxygen atoms in total. The Bertz CT molecular complexity index is 822. The Morgan fingerprint density at radius 3 is 2.79 bits per heavy atom. The van der Waals surface area contributed by atoms with Crippen molar-refractivity contribution in [2.24, 2.45) is 0 Å². The van der Waals surface area contributed by atoms with Crippen LogP contribution >= 0.6 is 12.4 Å². The van der Waals surface area contributed by atoms with E-state index in [2.05, 4.69) is 5.32 Å². The summed E-state index contributed by atoms with van der Waals surface area (Å²) in [6.45, 7) is 2.47. The summed E-state index contributed by atoms with van der Waals surface area (Å²) in [5, 5.41) is 3.24. The van der Waals surface area contributed by atoms with Crippen molar-refractivity contribution in [2.75, 3.05) is 40.0 Å². The van der Waals surface area contributed by atoms with Gasteiger partial charge in [0.05, 0.1) is 25.9 Å². The minimum absolute atomic E-state index is 0. The lowest BCUT2D eigenvalue weighted by atomic mass is 10.0. The fourth-order valence-corrected chi connectivity index (χ4v) is 3.27. The third kappa shape index (κ3) is 5.96. The van der Waals surface area contributed by atoms with E-state index in [-0.39, 0.29) is 36.8 Å². The Morgan fingerprint density at radius 2 is 2.03 bits per heavy atom. The number of methoxy groups -OCH3 is 1. The number of nitrogens with one attached hydrogen (secondary N) is 1. The van der Waals surface area contributed by atoms with Crippen LogP contribution in [0.25, 0.3) is 0 Å². The van der Waals surface area contributed by atoms with Crippen molar-refractivity contribution in [1.82, 2.24) is 10.2 Å². The highest BCUT2D eigenvalue weighted by Gasteiger charge is 2.29. The van der Waals surface area contributed by atoms with Crippen molar-refractivity contribution in [2.45, 2.75) is 12.6 Å². The van der Waals surface area contributed by atoms with Gasteiger partial charge in [0, 0.05) is 37.9 Å². The second-order valence-corrected chi connectivity index (χ2v) is 6.63. The second kappa shape index (κ2) is 11.2. The van der Waals surface area contributed by atoms with E-state index in [9.17, 15) is 13.6 Å². The molecule has 1 saturated heterocycles. The Balaban J connectivity index is 0.00000300. The van der Waals surface area contributed by atoms with Gasteiger partial charge in [0.25, 0.3) is 5.91 Å². The fraction of sp³-hybridized carbons (Fsp3) is 0.381. The van der Waals surface area contributed by atoms with Crippen LogP contribution in [0.15, 0.2) is 42.5 Å². The maximum absolute atomic E-state index is 14.1. The van der Waals surface area contributed by atoms with Gasteiger partial charge < -0.3 is 19.7 Å². The third-order valence-electron chi connectivity index (χ3n) is 4.72. The van der Waals surface area contributed by atoms with E-state index in [1.54, 1.807) is 24.1 Å². The SMILES string of the molecule is COCCOCc1cc(C(=O)N2CCNCC2c2cccc(F)c2)ccc1F.Cl. The van der Waals surface area contributed by atoms with Gasteiger partial charge in [-0.15, -0.1) is 12.4 Å². The van der Waals surface area contributed by atoms with Crippen LogP contribution in [0.2, 0.25) is 0 Å². The van der Waals surface area contributed by atoms with Gasteiger partial charge in [-0.1, -0.05) is 12.1 Å². The number of halogens is 3. The predicted molar refractivity (Wildman–Crippen MR) is 108 cm³/mol. The summed E-state index contributed by atoms with van der Waals surface area (Å²) in [6.07, 6.45) is 0. The molecule has 1 atom stereocenters. The molecule has 1 N–H and O–H groups in total. The van der Waals surface area contributed by atoms with Crippen LogP contribution in [0.4, 0.5) is 8.78 Å². The van der Waals surface area contributed by atoms with Crippen molar-refractivity contribution in [3.8, 4) is 0 Å². The standard InChI is InChI=1S/C21H24F2N2O3.ClH/c1-27-9-10-28-14-17-11-16(5-6-19(17)23)21(26)25-8-7-24-13-20(25)15-3-2-4-18(22)12-15;/h2-6,11-12,20,24H,7-10,13-14H2,1H3;1H. The Kier molecular flexibility index (Phi) is 8.98. The second-order valence-electron chi connectivity index (χ2n) is 6.63. The van der Waals surface area contributed by atoms with Crippen molar-refractivity contribution in [3.05, 3.63) is 70.8 Å². The van der Waals surface area contributed by atoms with Gasteiger partial charge in [0.2, 0.25) is 0 Å². The summed E-state index contributed by atoms with van der Waals surface area (Å²) >= 11 is 0. The van der Waals surface area contributed by atoms with Crippen molar-refractivity contribution < 1.29 is 23.0 Å². The number of benzene rings is 2. The van der Waals surface area contributed by atoms with E-state index in [0.29, 0.717) is 44.0 Å². The zero-order valence-electron chi connectivity index (χ0n) is 16.2. The highest BCUT2D eigenvalue weighted by atomic mass is 35.5. The maximum Gasteiger partial charge on any atom is 0.254 e. The topological polar surface area (TPSA) is 50.8 Å². The van der Waals surface area contributed by atoms with Crippen molar-refractivity contribution in [1.29, 1.82) is 0 Å². The number of nitrogens with zero attached hydrogens (tertiary/aromatic N) is 1. The molecule has 1 unspecified atom stereocenters. The molecular formula is C21H25ClF2N2O3. The lowest BCUT2D eigenvalue weighted by Gasteiger charge is -2.36. The molecule has 0 aliphatic carbocycles. The average molecular weight is 427 g/mol. The quantitative estimate of drug-likeness (QED) is 0.690. The zero-order chi connectivity index (χ0) is 19.9. The van der Waals surface area contributed by atoms with Gasteiger partial charge in [-0.3, -0.25) is 4.79 Å². The normalized spacial score (nSPS) is 16.4. The first kappa shape index (κ1) is 23.2. The van der Waals surface area contributed by atoms with Gasteiger partial charge >= 0.3 is 0 Å². The molecule has 1 heterocycles. The molecule has 0 aromatic heterocycles. The van der Waals surface area contributed by atoms with Crippen LogP contribution in [0, 0.1) is 11.6 Å². The molecule has 8 heteroatoms. The van der Waals surface area contributed by atoms with E-state index in [1.165, 1.54) is 30.3 Å². The monoisotopic (exact) mass is 426 g/mol. The predicted octanol–water partition coefficient (Wildman–Crippen LogP) is 3.34. The van der Waals surface area contributed by atoms with Crippen molar-refractivity contribution >= 4 is 18.3 Å². The highest BCUT2D eigenvalue weighted by molar-refractivity contribution is 5.94. The summed E-state index contributed by atoms with van der Waals surface area (Å²) < 4.78 is 38.0. The molecule has 1 aliphatic heterocycles. The number of hydrogen-bond donors (Lipinski definition) is 1.